The van der Waals surface area contributed by atoms with Crippen LogP contribution in [0.2, 0.25) is 0 Å². The molecule has 1 aliphatic heterocycles. The van der Waals surface area contributed by atoms with Crippen LogP contribution in [0, 0.1) is 0 Å². The Bertz CT molecular complexity index is 778. The Hall–Kier alpha value is -2.49. The highest BCUT2D eigenvalue weighted by Crippen LogP contribution is 2.43. The number of carbonyl (C=O) groups is 1. The molecule has 2 aromatic carbocycles. The molecule has 2 aromatic rings. The zero-order valence-corrected chi connectivity index (χ0v) is 15.3. The summed E-state index contributed by atoms with van der Waals surface area (Å²) in [6, 6.07) is 11.7. The van der Waals surface area contributed by atoms with E-state index in [-0.39, 0.29) is 11.4 Å². The molecule has 0 aliphatic carbocycles. The van der Waals surface area contributed by atoms with E-state index < -0.39 is 0 Å². The predicted molar refractivity (Wildman–Crippen MR) is 100 cm³/mol. The molecule has 0 aromatic heterocycles. The summed E-state index contributed by atoms with van der Waals surface area (Å²) in [6.45, 7) is 9.45. The molecule has 0 amide bonds. The maximum atomic E-state index is 11.7. The molecule has 0 bridgehead atoms. The highest BCUT2D eigenvalue weighted by Gasteiger charge is 2.33. The molecular formula is C21H25NO3. The Kier molecular flexibility index (Phi) is 4.71. The van der Waals surface area contributed by atoms with E-state index in [1.54, 1.807) is 19.1 Å². The van der Waals surface area contributed by atoms with Gasteiger partial charge in [0.2, 0.25) is 0 Å². The molecule has 1 N–H and O–H groups in total. The van der Waals surface area contributed by atoms with Crippen LogP contribution in [0.5, 0.6) is 5.75 Å². The van der Waals surface area contributed by atoms with Crippen molar-refractivity contribution in [3.8, 4) is 5.75 Å². The third kappa shape index (κ3) is 3.48. The monoisotopic (exact) mass is 339 g/mol. The molecule has 4 heteroatoms. The number of carbonyl (C=O) groups excluding carboxylic acids is 1. The fourth-order valence-corrected chi connectivity index (χ4v) is 3.10. The van der Waals surface area contributed by atoms with E-state index in [1.807, 2.05) is 12.1 Å². The van der Waals surface area contributed by atoms with Crippen LogP contribution in [0.25, 0.3) is 0 Å². The van der Waals surface area contributed by atoms with Crippen molar-refractivity contribution in [3.63, 3.8) is 0 Å². The first-order valence-corrected chi connectivity index (χ1v) is 8.79. The van der Waals surface area contributed by atoms with Crippen molar-refractivity contribution in [1.29, 1.82) is 0 Å². The van der Waals surface area contributed by atoms with Gasteiger partial charge in [-0.1, -0.05) is 20.8 Å². The van der Waals surface area contributed by atoms with Gasteiger partial charge >= 0.3 is 5.97 Å². The predicted octanol–water partition coefficient (Wildman–Crippen LogP) is 4.84. The van der Waals surface area contributed by atoms with Gasteiger partial charge in [0.25, 0.3) is 0 Å². The largest absolute Gasteiger partial charge is 0.492 e. The Balaban J connectivity index is 1.85. The number of hydrogen-bond donors (Lipinski definition) is 1. The van der Waals surface area contributed by atoms with Gasteiger partial charge in [-0.15, -0.1) is 0 Å². The fraction of sp³-hybridized carbons (Fsp3) is 0.381. The van der Waals surface area contributed by atoms with E-state index in [9.17, 15) is 4.79 Å². The zero-order chi connectivity index (χ0) is 18.0. The van der Waals surface area contributed by atoms with Crippen LogP contribution in [0.1, 0.15) is 49.2 Å². The summed E-state index contributed by atoms with van der Waals surface area (Å²) in [7, 11) is 0. The third-order valence-corrected chi connectivity index (χ3v) is 4.54. The maximum absolute atomic E-state index is 11.7. The van der Waals surface area contributed by atoms with E-state index in [4.69, 9.17) is 9.47 Å². The Morgan fingerprint density at radius 1 is 1.16 bits per heavy atom. The standard InChI is InChI=1S/C21H25NO3/c1-5-14-11-17(12-18-19(14)25-13-21(18,3)4)22-16-9-7-15(8-10-16)20(23)24-6-2/h7-12,22H,5-6,13H2,1-4H3. The molecular weight excluding hydrogens is 314 g/mol. The molecule has 1 heterocycles. The topological polar surface area (TPSA) is 47.6 Å². The van der Waals surface area contributed by atoms with Gasteiger partial charge in [0.15, 0.2) is 0 Å². The van der Waals surface area contributed by atoms with Crippen LogP contribution < -0.4 is 10.1 Å². The minimum absolute atomic E-state index is 0.0186. The number of fused-ring (bicyclic) bond motifs is 1. The van der Waals surface area contributed by atoms with Gasteiger partial charge in [0.1, 0.15) is 5.75 Å². The first kappa shape index (κ1) is 17.3. The first-order chi connectivity index (χ1) is 11.9. The SMILES string of the molecule is CCOC(=O)c1ccc(Nc2cc(CC)c3c(c2)C(C)(C)CO3)cc1. The van der Waals surface area contributed by atoms with E-state index in [2.05, 4.69) is 38.2 Å². The van der Waals surface area contributed by atoms with E-state index in [1.165, 1.54) is 11.1 Å². The Morgan fingerprint density at radius 3 is 2.52 bits per heavy atom. The highest BCUT2D eigenvalue weighted by molar-refractivity contribution is 5.89. The smallest absolute Gasteiger partial charge is 0.338 e. The van der Waals surface area contributed by atoms with Gasteiger partial charge in [-0.05, 0) is 55.3 Å². The van der Waals surface area contributed by atoms with Crippen LogP contribution in [0.15, 0.2) is 36.4 Å². The lowest BCUT2D eigenvalue weighted by molar-refractivity contribution is 0.0526. The van der Waals surface area contributed by atoms with Gasteiger partial charge in [-0.3, -0.25) is 0 Å². The number of hydrogen-bond acceptors (Lipinski definition) is 4. The Morgan fingerprint density at radius 2 is 1.88 bits per heavy atom. The van der Waals surface area contributed by atoms with E-state index in [0.29, 0.717) is 18.8 Å². The summed E-state index contributed by atoms with van der Waals surface area (Å²) in [6.07, 6.45) is 0.926. The molecule has 0 saturated carbocycles. The summed E-state index contributed by atoms with van der Waals surface area (Å²) in [5.41, 5.74) is 5.02. The summed E-state index contributed by atoms with van der Waals surface area (Å²) < 4.78 is 10.9. The van der Waals surface area contributed by atoms with Gasteiger partial charge in [0, 0.05) is 22.4 Å². The van der Waals surface area contributed by atoms with Crippen molar-refractivity contribution in [2.45, 2.75) is 39.5 Å². The summed E-state index contributed by atoms with van der Waals surface area (Å²) >= 11 is 0. The molecule has 0 fully saturated rings. The lowest BCUT2D eigenvalue weighted by Gasteiger charge is -2.17. The van der Waals surface area contributed by atoms with Crippen LogP contribution >= 0.6 is 0 Å². The molecule has 132 valence electrons. The van der Waals surface area contributed by atoms with Crippen molar-refractivity contribution in [3.05, 3.63) is 53.1 Å². The molecule has 1 aliphatic rings. The highest BCUT2D eigenvalue weighted by atomic mass is 16.5. The number of rotatable bonds is 5. The fourth-order valence-electron chi connectivity index (χ4n) is 3.10. The van der Waals surface area contributed by atoms with E-state index >= 15 is 0 Å². The normalized spacial score (nSPS) is 14.6. The lowest BCUT2D eigenvalue weighted by atomic mass is 9.85. The summed E-state index contributed by atoms with van der Waals surface area (Å²) in [5, 5.41) is 3.44. The van der Waals surface area contributed by atoms with Gasteiger partial charge < -0.3 is 14.8 Å². The molecule has 0 spiro atoms. The lowest BCUT2D eigenvalue weighted by Crippen LogP contribution is -2.18. The quantitative estimate of drug-likeness (QED) is 0.792. The molecule has 0 atom stereocenters. The number of esters is 1. The molecule has 0 radical (unpaired) electrons. The van der Waals surface area contributed by atoms with Crippen molar-refractivity contribution in [2.24, 2.45) is 0 Å². The summed E-state index contributed by atoms with van der Waals surface area (Å²) in [5.74, 6) is 0.745. The molecule has 25 heavy (non-hydrogen) atoms. The van der Waals surface area contributed by atoms with Crippen LogP contribution in [0.4, 0.5) is 11.4 Å². The number of anilines is 2. The average Bonchev–Trinajstić information content (AvgIpc) is 2.90. The van der Waals surface area contributed by atoms with Crippen molar-refractivity contribution in [1.82, 2.24) is 0 Å². The number of ether oxygens (including phenoxy) is 2. The third-order valence-electron chi connectivity index (χ3n) is 4.54. The van der Waals surface area contributed by atoms with Gasteiger partial charge in [0.05, 0.1) is 18.8 Å². The molecule has 0 saturated heterocycles. The molecule has 3 rings (SSSR count). The number of nitrogens with one attached hydrogen (secondary N) is 1. The number of benzene rings is 2. The summed E-state index contributed by atoms with van der Waals surface area (Å²) in [4.78, 5) is 11.7. The van der Waals surface area contributed by atoms with Gasteiger partial charge in [-0.25, -0.2) is 4.79 Å². The van der Waals surface area contributed by atoms with Crippen LogP contribution in [-0.2, 0) is 16.6 Å². The Labute approximate surface area is 149 Å². The van der Waals surface area contributed by atoms with Crippen LogP contribution in [0.3, 0.4) is 0 Å². The minimum atomic E-state index is -0.293. The first-order valence-electron chi connectivity index (χ1n) is 8.79. The number of aryl methyl sites for hydroxylation is 1. The zero-order valence-electron chi connectivity index (χ0n) is 15.3. The second-order valence-corrected chi connectivity index (χ2v) is 6.96. The van der Waals surface area contributed by atoms with Gasteiger partial charge in [-0.2, -0.15) is 0 Å². The molecule has 4 nitrogen and oxygen atoms in total. The minimum Gasteiger partial charge on any atom is -0.492 e. The molecule has 0 unspecified atom stereocenters. The average molecular weight is 339 g/mol. The van der Waals surface area contributed by atoms with Crippen LogP contribution in [-0.4, -0.2) is 19.2 Å². The van der Waals surface area contributed by atoms with E-state index in [0.717, 1.165) is 23.5 Å². The second kappa shape index (κ2) is 6.79. The van der Waals surface area contributed by atoms with Crippen molar-refractivity contribution < 1.29 is 14.3 Å². The van der Waals surface area contributed by atoms with Crippen molar-refractivity contribution in [2.75, 3.05) is 18.5 Å². The second-order valence-electron chi connectivity index (χ2n) is 6.96. The maximum Gasteiger partial charge on any atom is 0.338 e. The van der Waals surface area contributed by atoms with Crippen molar-refractivity contribution >= 4 is 17.3 Å².